The molecule has 0 bridgehead atoms. The summed E-state index contributed by atoms with van der Waals surface area (Å²) in [6.07, 6.45) is -4.43. The minimum absolute atomic E-state index is 0.0243. The number of benzene rings is 2. The second kappa shape index (κ2) is 5.22. The van der Waals surface area contributed by atoms with Gasteiger partial charge in [0, 0.05) is 5.69 Å². The molecule has 100 valence electrons. The van der Waals surface area contributed by atoms with Gasteiger partial charge in [0.25, 0.3) is 0 Å². The van der Waals surface area contributed by atoms with Gasteiger partial charge in [-0.2, -0.15) is 13.2 Å². The topological polar surface area (TPSA) is 21.3 Å². The van der Waals surface area contributed by atoms with E-state index in [1.165, 1.54) is 29.6 Å². The van der Waals surface area contributed by atoms with E-state index in [9.17, 15) is 13.2 Å². The molecule has 0 saturated heterocycles. The second-order valence-corrected chi connectivity index (χ2v) is 4.06. The van der Waals surface area contributed by atoms with Crippen LogP contribution >= 0.6 is 0 Å². The van der Waals surface area contributed by atoms with Crippen LogP contribution in [-0.2, 0) is 0 Å². The number of halogens is 3. The summed E-state index contributed by atoms with van der Waals surface area (Å²) in [6.45, 7) is 1.96. The lowest BCUT2D eigenvalue weighted by Gasteiger charge is -2.11. The highest BCUT2D eigenvalue weighted by Crippen LogP contribution is 2.25. The average molecular weight is 267 g/mol. The van der Waals surface area contributed by atoms with Crippen LogP contribution in [-0.4, -0.2) is 6.30 Å². The number of aryl methyl sites for hydroxylation is 1. The van der Waals surface area contributed by atoms with Crippen molar-refractivity contribution in [2.24, 2.45) is 0 Å². The maximum atomic E-state index is 12.1. The molecule has 0 aliphatic carbocycles. The molecule has 0 fully saturated rings. The van der Waals surface area contributed by atoms with E-state index in [4.69, 9.17) is 4.74 Å². The van der Waals surface area contributed by atoms with Gasteiger partial charge in [0.05, 0.1) is 0 Å². The standard InChI is InChI=1S/C14H12F3NO/c1-10-2-6-12(7-3-10)19-13-8-4-11(5-9-13)18-14(15,16)17/h2-9,18H,1H3. The van der Waals surface area contributed by atoms with Crippen molar-refractivity contribution in [1.29, 1.82) is 0 Å². The quantitative estimate of drug-likeness (QED) is 0.812. The van der Waals surface area contributed by atoms with Crippen LogP contribution in [0.25, 0.3) is 0 Å². The van der Waals surface area contributed by atoms with Crippen molar-refractivity contribution in [3.8, 4) is 11.5 Å². The molecule has 0 atom stereocenters. The number of ether oxygens (including phenoxy) is 1. The Bertz CT molecular complexity index is 532. The lowest BCUT2D eigenvalue weighted by Crippen LogP contribution is -2.20. The van der Waals surface area contributed by atoms with Crippen LogP contribution in [0.15, 0.2) is 48.5 Å². The fourth-order valence-corrected chi connectivity index (χ4v) is 1.51. The number of rotatable bonds is 3. The molecule has 1 N–H and O–H groups in total. The van der Waals surface area contributed by atoms with Crippen molar-refractivity contribution >= 4 is 5.69 Å². The summed E-state index contributed by atoms with van der Waals surface area (Å²) in [5.74, 6) is 1.12. The summed E-state index contributed by atoms with van der Waals surface area (Å²) >= 11 is 0. The van der Waals surface area contributed by atoms with E-state index in [0.717, 1.165) is 5.56 Å². The van der Waals surface area contributed by atoms with Crippen molar-refractivity contribution in [3.63, 3.8) is 0 Å². The lowest BCUT2D eigenvalue weighted by atomic mass is 10.2. The van der Waals surface area contributed by atoms with Crippen LogP contribution < -0.4 is 10.1 Å². The zero-order valence-corrected chi connectivity index (χ0v) is 10.2. The van der Waals surface area contributed by atoms with Gasteiger partial charge in [0.15, 0.2) is 0 Å². The molecule has 2 nitrogen and oxygen atoms in total. The molecule has 0 aliphatic heterocycles. The number of alkyl halides is 3. The zero-order chi connectivity index (χ0) is 13.9. The Morgan fingerprint density at radius 3 is 1.79 bits per heavy atom. The molecule has 5 heteroatoms. The zero-order valence-electron chi connectivity index (χ0n) is 10.2. The third-order valence-corrected chi connectivity index (χ3v) is 2.40. The summed E-state index contributed by atoms with van der Waals surface area (Å²) in [7, 11) is 0. The highest BCUT2D eigenvalue weighted by molar-refractivity contribution is 5.47. The molecule has 2 aromatic carbocycles. The summed E-state index contributed by atoms with van der Waals surface area (Å²) in [5.41, 5.74) is 1.08. The number of nitrogens with one attached hydrogen (secondary N) is 1. The van der Waals surface area contributed by atoms with Gasteiger partial charge >= 0.3 is 6.30 Å². The summed E-state index contributed by atoms with van der Waals surface area (Å²) in [5, 5.41) is 1.42. The minimum Gasteiger partial charge on any atom is -0.457 e. The van der Waals surface area contributed by atoms with Gasteiger partial charge in [-0.3, -0.25) is 5.32 Å². The largest absolute Gasteiger partial charge is 0.482 e. The number of hydrogen-bond donors (Lipinski definition) is 1. The first-order valence-electron chi connectivity index (χ1n) is 5.62. The molecule has 19 heavy (non-hydrogen) atoms. The van der Waals surface area contributed by atoms with E-state index in [2.05, 4.69) is 0 Å². The fourth-order valence-electron chi connectivity index (χ4n) is 1.51. The molecule has 0 saturated carbocycles. The van der Waals surface area contributed by atoms with E-state index in [-0.39, 0.29) is 5.69 Å². The van der Waals surface area contributed by atoms with Gasteiger partial charge in [0.1, 0.15) is 11.5 Å². The van der Waals surface area contributed by atoms with E-state index < -0.39 is 6.30 Å². The van der Waals surface area contributed by atoms with Gasteiger partial charge in [-0.15, -0.1) is 0 Å². The molecule has 0 spiro atoms. The fraction of sp³-hybridized carbons (Fsp3) is 0.143. The van der Waals surface area contributed by atoms with Crippen LogP contribution in [0.1, 0.15) is 5.56 Å². The molecule has 0 aliphatic rings. The Kier molecular flexibility index (Phi) is 3.64. The van der Waals surface area contributed by atoms with Gasteiger partial charge < -0.3 is 4.74 Å². The van der Waals surface area contributed by atoms with Gasteiger partial charge in [-0.1, -0.05) is 17.7 Å². The van der Waals surface area contributed by atoms with Crippen molar-refractivity contribution in [1.82, 2.24) is 0 Å². The van der Waals surface area contributed by atoms with Gasteiger partial charge in [-0.05, 0) is 43.3 Å². The monoisotopic (exact) mass is 267 g/mol. The Morgan fingerprint density at radius 2 is 1.32 bits per heavy atom. The van der Waals surface area contributed by atoms with Crippen LogP contribution in [0.4, 0.5) is 18.9 Å². The molecule has 0 amide bonds. The van der Waals surface area contributed by atoms with E-state index in [1.54, 1.807) is 12.1 Å². The average Bonchev–Trinajstić information content (AvgIpc) is 2.33. The van der Waals surface area contributed by atoms with Crippen molar-refractivity contribution in [3.05, 3.63) is 54.1 Å². The Labute approximate surface area is 108 Å². The molecule has 0 unspecified atom stereocenters. The normalized spacial score (nSPS) is 11.2. The van der Waals surface area contributed by atoms with Gasteiger partial charge in [-0.25, -0.2) is 0 Å². The van der Waals surface area contributed by atoms with Crippen LogP contribution in [0.2, 0.25) is 0 Å². The van der Waals surface area contributed by atoms with Gasteiger partial charge in [0.2, 0.25) is 0 Å². The highest BCUT2D eigenvalue weighted by atomic mass is 19.4. The molecular weight excluding hydrogens is 255 g/mol. The minimum atomic E-state index is -4.43. The van der Waals surface area contributed by atoms with E-state index >= 15 is 0 Å². The Balaban J connectivity index is 2.04. The van der Waals surface area contributed by atoms with Crippen LogP contribution in [0, 0.1) is 6.92 Å². The third kappa shape index (κ3) is 4.21. The molecule has 2 rings (SSSR count). The predicted molar refractivity (Wildman–Crippen MR) is 67.4 cm³/mol. The summed E-state index contributed by atoms with van der Waals surface area (Å²) in [6, 6.07) is 13.0. The maximum Gasteiger partial charge on any atom is 0.482 e. The molecule has 2 aromatic rings. The summed E-state index contributed by atoms with van der Waals surface area (Å²) < 4.78 is 41.8. The number of hydrogen-bond acceptors (Lipinski definition) is 2. The maximum absolute atomic E-state index is 12.1. The predicted octanol–water partition coefficient (Wildman–Crippen LogP) is 4.72. The lowest BCUT2D eigenvalue weighted by molar-refractivity contribution is -0.0999. The third-order valence-electron chi connectivity index (χ3n) is 2.40. The molecule has 0 heterocycles. The molecular formula is C14H12F3NO. The molecule has 0 aromatic heterocycles. The number of anilines is 1. The van der Waals surface area contributed by atoms with E-state index in [0.29, 0.717) is 11.5 Å². The van der Waals surface area contributed by atoms with Crippen molar-refractivity contribution in [2.75, 3.05) is 5.32 Å². The first-order chi connectivity index (χ1) is 8.92. The SMILES string of the molecule is Cc1ccc(Oc2ccc(NC(F)(F)F)cc2)cc1. The Hall–Kier alpha value is -2.17. The van der Waals surface area contributed by atoms with Crippen molar-refractivity contribution in [2.45, 2.75) is 13.2 Å². The molecule has 0 radical (unpaired) electrons. The Morgan fingerprint density at radius 1 is 0.842 bits per heavy atom. The highest BCUT2D eigenvalue weighted by Gasteiger charge is 2.26. The second-order valence-electron chi connectivity index (χ2n) is 4.06. The smallest absolute Gasteiger partial charge is 0.457 e. The van der Waals surface area contributed by atoms with Crippen LogP contribution in [0.5, 0.6) is 11.5 Å². The van der Waals surface area contributed by atoms with E-state index in [1.807, 2.05) is 19.1 Å². The van der Waals surface area contributed by atoms with Crippen LogP contribution in [0.3, 0.4) is 0 Å². The van der Waals surface area contributed by atoms with Crippen molar-refractivity contribution < 1.29 is 17.9 Å². The first-order valence-corrected chi connectivity index (χ1v) is 5.62. The summed E-state index contributed by atoms with van der Waals surface area (Å²) in [4.78, 5) is 0. The first kappa shape index (κ1) is 13.3.